The molecule has 1 N–H and O–H groups in total. The van der Waals surface area contributed by atoms with E-state index in [1.54, 1.807) is 58.2 Å². The summed E-state index contributed by atoms with van der Waals surface area (Å²) in [5.41, 5.74) is 15.2. The molecule has 0 aliphatic rings. The van der Waals surface area contributed by atoms with Gasteiger partial charge in [-0.1, -0.05) is 239 Å². The number of aromatic nitrogens is 6. The predicted octanol–water partition coefficient (Wildman–Crippen LogP) is 16.5. The normalized spacial score (nSPS) is 11.9. The minimum absolute atomic E-state index is 0.0399. The van der Waals surface area contributed by atoms with Crippen molar-refractivity contribution < 1.29 is 38.0 Å². The van der Waals surface area contributed by atoms with Crippen LogP contribution in [0.1, 0.15) is 182 Å². The zero-order valence-corrected chi connectivity index (χ0v) is 57.0. The van der Waals surface area contributed by atoms with E-state index in [0.717, 1.165) is 44.5 Å². The van der Waals surface area contributed by atoms with Gasteiger partial charge >= 0.3 is 11.9 Å². The van der Waals surface area contributed by atoms with E-state index in [1.807, 2.05) is 0 Å². The molecule has 2 heterocycles. The Labute approximate surface area is 559 Å². The molecule has 492 valence electrons. The number of hydrogen-bond acceptors (Lipinski definition) is 13. The average Bonchev–Trinajstić information content (AvgIpc) is 1.36. The summed E-state index contributed by atoms with van der Waals surface area (Å²) < 4.78 is 40.1. The van der Waals surface area contributed by atoms with Crippen LogP contribution in [-0.2, 0) is 97.0 Å². The van der Waals surface area contributed by atoms with Crippen molar-refractivity contribution in [3.05, 3.63) is 284 Å². The maximum atomic E-state index is 13.7. The lowest BCUT2D eigenvalue weighted by atomic mass is 9.87. The van der Waals surface area contributed by atoms with Gasteiger partial charge in [0, 0.05) is 25.2 Å². The maximum Gasteiger partial charge on any atom is 0.338 e. The van der Waals surface area contributed by atoms with Crippen molar-refractivity contribution in [2.45, 2.75) is 171 Å². The number of benzene rings is 8. The molecule has 0 atom stereocenters. The third-order valence-corrected chi connectivity index (χ3v) is 16.4. The van der Waals surface area contributed by atoms with Gasteiger partial charge in [0.2, 0.25) is 0 Å². The van der Waals surface area contributed by atoms with Crippen molar-refractivity contribution in [2.24, 2.45) is 0 Å². The molecule has 8 aromatic carbocycles. The highest BCUT2D eigenvalue weighted by molar-refractivity contribution is 5.91. The molecular formula is C80H89N7O8. The topological polar surface area (TPSA) is 163 Å². The minimum Gasteiger partial charge on any atom is -0.489 e. The molecule has 0 saturated heterocycles. The Balaban J connectivity index is 0.669. The zero-order chi connectivity index (χ0) is 67.3. The van der Waals surface area contributed by atoms with Gasteiger partial charge in [0.25, 0.3) is 0 Å². The molecule has 10 rings (SSSR count). The van der Waals surface area contributed by atoms with Gasteiger partial charge in [0.15, 0.2) is 0 Å². The van der Waals surface area contributed by atoms with Crippen LogP contribution >= 0.6 is 0 Å². The minimum atomic E-state index is -0.534. The van der Waals surface area contributed by atoms with Gasteiger partial charge in [-0.25, -0.2) is 19.0 Å². The largest absolute Gasteiger partial charge is 0.489 e. The van der Waals surface area contributed by atoms with Crippen LogP contribution in [0.3, 0.4) is 0 Å². The first-order valence-electron chi connectivity index (χ1n) is 32.5. The predicted molar refractivity (Wildman–Crippen MR) is 371 cm³/mol. The number of esters is 2. The van der Waals surface area contributed by atoms with E-state index >= 15 is 0 Å². The van der Waals surface area contributed by atoms with E-state index < -0.39 is 11.9 Å². The molecule has 0 fully saturated rings. The number of rotatable bonds is 26. The smallest absolute Gasteiger partial charge is 0.338 e. The highest BCUT2D eigenvalue weighted by atomic mass is 16.5. The van der Waals surface area contributed by atoms with E-state index in [-0.39, 0.29) is 34.9 Å². The number of hydrogen-bond donors (Lipinski definition) is 1. The first-order chi connectivity index (χ1) is 45.3. The highest BCUT2D eigenvalue weighted by Gasteiger charge is 2.20. The zero-order valence-electron chi connectivity index (χ0n) is 57.0. The molecule has 0 saturated carbocycles. The first-order valence-corrected chi connectivity index (χ1v) is 32.5. The molecule has 0 amide bonds. The highest BCUT2D eigenvalue weighted by Crippen LogP contribution is 2.31. The maximum absolute atomic E-state index is 13.7. The molecule has 10 aromatic rings. The Morgan fingerprint density at radius 3 is 0.853 bits per heavy atom. The van der Waals surface area contributed by atoms with Crippen molar-refractivity contribution in [3.63, 3.8) is 0 Å². The molecule has 0 unspecified atom stereocenters. The van der Waals surface area contributed by atoms with Crippen LogP contribution in [-0.4, -0.2) is 41.9 Å². The molecule has 15 heteroatoms. The average molecular weight is 1280 g/mol. The monoisotopic (exact) mass is 1280 g/mol. The quantitative estimate of drug-likeness (QED) is 0.0510. The van der Waals surface area contributed by atoms with Crippen molar-refractivity contribution in [2.75, 3.05) is 0 Å². The Morgan fingerprint density at radius 1 is 0.337 bits per heavy atom. The third kappa shape index (κ3) is 20.1. The molecule has 0 radical (unpaired) electrons. The molecule has 95 heavy (non-hydrogen) atoms. The standard InChI is InChI=1S/C80H89N7O8/c1-77(2,3)65-29-21-59(22-30-65)49-90-71-37-63(38-72(41-71)91-50-60-23-31-66(32-24-60)78(4,5)6)75(88)94-53-69-47-86(84-82-69)45-57-17-13-55(14-18-57)43-81-44-56-15-19-58(20-16-56)46-87-48-70(83-85-87)54-95-76(89)64-39-73(92-51-61-25-33-67(34-26-61)79(7,8)9)42-74(40-64)93-52-62-27-35-68(36-28-62)80(10,11)12/h13-42,47-48,81H,43-46,49-54H2,1-12H3. The number of ether oxygens (including phenoxy) is 6. The molecule has 0 aliphatic carbocycles. The second-order valence-electron chi connectivity index (χ2n) is 28.5. The third-order valence-electron chi connectivity index (χ3n) is 16.4. The first kappa shape index (κ1) is 68.0. The van der Waals surface area contributed by atoms with E-state index in [2.05, 4.69) is 255 Å². The van der Waals surface area contributed by atoms with Crippen LogP contribution in [0.5, 0.6) is 23.0 Å². The van der Waals surface area contributed by atoms with Crippen molar-refractivity contribution in [1.82, 2.24) is 35.3 Å². The van der Waals surface area contributed by atoms with Crippen molar-refractivity contribution in [3.8, 4) is 23.0 Å². The lowest BCUT2D eigenvalue weighted by Crippen LogP contribution is -2.13. The number of nitrogens with one attached hydrogen (secondary N) is 1. The molecular weight excluding hydrogens is 1190 g/mol. The summed E-state index contributed by atoms with van der Waals surface area (Å²) in [6, 6.07) is 60.6. The second kappa shape index (κ2) is 30.0. The van der Waals surface area contributed by atoms with Gasteiger partial charge < -0.3 is 33.7 Å². The molecule has 0 spiro atoms. The fourth-order valence-corrected chi connectivity index (χ4v) is 10.4. The number of carbonyl (C=O) groups excluding carboxylic acids is 2. The van der Waals surface area contributed by atoms with Gasteiger partial charge in [-0.15, -0.1) is 10.2 Å². The van der Waals surface area contributed by atoms with E-state index in [1.165, 1.54) is 22.3 Å². The SMILES string of the molecule is CC(C)(C)c1ccc(COc2cc(OCc3ccc(C(C)(C)C)cc3)cc(C(=O)OCc3cn(Cc4ccc(CNCc5ccc(Cn6cc(COC(=O)c7cc(OCc8ccc(C(C)(C)C)cc8)cc(OCc8ccc(C(C)(C)C)cc8)c7)nn6)cc5)cc4)nn3)c2)cc1. The fourth-order valence-electron chi connectivity index (χ4n) is 10.4. The summed E-state index contributed by atoms with van der Waals surface area (Å²) in [6.07, 6.45) is 3.57. The second-order valence-corrected chi connectivity index (χ2v) is 28.5. The van der Waals surface area contributed by atoms with Crippen LogP contribution in [0, 0.1) is 0 Å². The summed E-state index contributed by atoms with van der Waals surface area (Å²) in [5, 5.41) is 20.8. The Bertz CT molecular complexity index is 3720. The lowest BCUT2D eigenvalue weighted by Gasteiger charge is -2.19. The molecule has 15 nitrogen and oxygen atoms in total. The van der Waals surface area contributed by atoms with Crippen LogP contribution in [0.4, 0.5) is 0 Å². The molecule has 0 bridgehead atoms. The van der Waals surface area contributed by atoms with Crippen LogP contribution in [0.15, 0.2) is 194 Å². The Morgan fingerprint density at radius 2 is 0.589 bits per heavy atom. The van der Waals surface area contributed by atoms with Crippen LogP contribution in [0.25, 0.3) is 0 Å². The summed E-state index contributed by atoms with van der Waals surface area (Å²) in [7, 11) is 0. The van der Waals surface area contributed by atoms with Crippen molar-refractivity contribution in [1.29, 1.82) is 0 Å². The summed E-state index contributed by atoms with van der Waals surface area (Å²) in [6.45, 7) is 29.8. The van der Waals surface area contributed by atoms with Crippen molar-refractivity contribution >= 4 is 11.9 Å². The van der Waals surface area contributed by atoms with E-state index in [9.17, 15) is 9.59 Å². The van der Waals surface area contributed by atoms with Crippen LogP contribution in [0.2, 0.25) is 0 Å². The summed E-state index contributed by atoms with van der Waals surface area (Å²) >= 11 is 0. The fraction of sp³-hybridized carbons (Fsp3) is 0.325. The summed E-state index contributed by atoms with van der Waals surface area (Å²) in [4.78, 5) is 27.3. The van der Waals surface area contributed by atoms with Crippen LogP contribution < -0.4 is 24.3 Å². The number of nitrogens with zero attached hydrogens (tertiary/aromatic N) is 6. The van der Waals surface area contributed by atoms with Gasteiger partial charge in [-0.3, -0.25) is 0 Å². The van der Waals surface area contributed by atoms with E-state index in [4.69, 9.17) is 28.4 Å². The van der Waals surface area contributed by atoms with Gasteiger partial charge in [0.05, 0.1) is 36.6 Å². The van der Waals surface area contributed by atoms with E-state index in [0.29, 0.717) is 98.1 Å². The summed E-state index contributed by atoms with van der Waals surface area (Å²) in [5.74, 6) is 0.892. The van der Waals surface area contributed by atoms with Gasteiger partial charge in [-0.05, 0) is 113 Å². The lowest BCUT2D eigenvalue weighted by molar-refractivity contribution is 0.0458. The molecule has 0 aliphatic heterocycles. The van der Waals surface area contributed by atoms with Gasteiger partial charge in [-0.2, -0.15) is 0 Å². The van der Waals surface area contributed by atoms with Gasteiger partial charge in [0.1, 0.15) is 74.0 Å². The Kier molecular flexibility index (Phi) is 21.5. The number of carbonyl (C=O) groups is 2. The molecule has 2 aromatic heterocycles. The Hall–Kier alpha value is -9.86.